The van der Waals surface area contributed by atoms with Crippen molar-refractivity contribution in [2.45, 2.75) is 24.5 Å². The van der Waals surface area contributed by atoms with Crippen molar-refractivity contribution in [2.75, 3.05) is 4.90 Å². The number of halogens is 1. The minimum absolute atomic E-state index is 0.182. The van der Waals surface area contributed by atoms with Gasteiger partial charge in [0.25, 0.3) is 0 Å². The normalized spacial score (nSPS) is 24.6. The number of aryl methyl sites for hydroxylation is 1. The quantitative estimate of drug-likeness (QED) is 0.476. The van der Waals surface area contributed by atoms with Gasteiger partial charge in [-0.3, -0.25) is 9.59 Å². The summed E-state index contributed by atoms with van der Waals surface area (Å²) in [6.07, 6.45) is 2.13. The molecular weight excluding hydrogens is 432 g/mol. The van der Waals surface area contributed by atoms with Gasteiger partial charge >= 0.3 is 0 Å². The third kappa shape index (κ3) is 3.70. The van der Waals surface area contributed by atoms with Crippen molar-refractivity contribution in [3.8, 4) is 0 Å². The van der Waals surface area contributed by atoms with Crippen LogP contribution in [-0.2, 0) is 9.59 Å². The number of rotatable bonds is 3. The molecule has 2 aromatic carbocycles. The second-order valence-corrected chi connectivity index (χ2v) is 9.37. The molecule has 2 aliphatic heterocycles. The Morgan fingerprint density at radius 3 is 2.45 bits per heavy atom. The fourth-order valence-corrected chi connectivity index (χ4v) is 5.66. The number of aliphatic imine (C=N–C) groups is 1. The first kappa shape index (κ1) is 20.1. The number of carbonyl (C=O) groups excluding carboxylic acids is 2. The van der Waals surface area contributed by atoms with E-state index >= 15 is 0 Å². The van der Waals surface area contributed by atoms with Crippen molar-refractivity contribution in [1.82, 2.24) is 0 Å². The zero-order valence-corrected chi connectivity index (χ0v) is 18.3. The summed E-state index contributed by atoms with van der Waals surface area (Å²) in [6.45, 7) is 1.97. The summed E-state index contributed by atoms with van der Waals surface area (Å²) in [4.78, 5) is 32.9. The van der Waals surface area contributed by atoms with Gasteiger partial charge in [-0.05, 0) is 55.5 Å². The van der Waals surface area contributed by atoms with E-state index in [1.54, 1.807) is 24.5 Å². The Morgan fingerprint density at radius 2 is 1.77 bits per heavy atom. The molecule has 3 heterocycles. The van der Waals surface area contributed by atoms with Crippen LogP contribution in [-0.4, -0.2) is 22.1 Å². The van der Waals surface area contributed by atoms with Gasteiger partial charge in [0.15, 0.2) is 0 Å². The molecule has 2 aliphatic rings. The van der Waals surface area contributed by atoms with Gasteiger partial charge in [-0.2, -0.15) is 0 Å². The lowest BCUT2D eigenvalue weighted by atomic mass is 9.85. The lowest BCUT2D eigenvalue weighted by molar-refractivity contribution is -0.122. The van der Waals surface area contributed by atoms with E-state index < -0.39 is 11.2 Å². The molecule has 2 saturated heterocycles. The summed E-state index contributed by atoms with van der Waals surface area (Å²) in [6, 6.07) is 18.4. The number of imide groups is 1. The zero-order valence-electron chi connectivity index (χ0n) is 16.7. The number of benzene rings is 2. The highest BCUT2D eigenvalue weighted by atomic mass is 35.5. The van der Waals surface area contributed by atoms with E-state index in [2.05, 4.69) is 0 Å². The van der Waals surface area contributed by atoms with Gasteiger partial charge in [-0.25, -0.2) is 9.89 Å². The Bertz CT molecular complexity index is 1160. The number of hydrogen-bond donors (Lipinski definition) is 0. The van der Waals surface area contributed by atoms with Gasteiger partial charge in [0.05, 0.1) is 28.6 Å². The van der Waals surface area contributed by atoms with Crippen LogP contribution in [0.3, 0.4) is 0 Å². The molecule has 0 bridgehead atoms. The van der Waals surface area contributed by atoms with E-state index in [9.17, 15) is 9.59 Å². The molecule has 0 saturated carbocycles. The maximum absolute atomic E-state index is 13.4. The molecule has 0 radical (unpaired) electrons. The van der Waals surface area contributed by atoms with Crippen molar-refractivity contribution in [1.29, 1.82) is 0 Å². The summed E-state index contributed by atoms with van der Waals surface area (Å²) in [5.74, 6) is -0.429. The van der Waals surface area contributed by atoms with E-state index in [0.29, 0.717) is 22.9 Å². The van der Waals surface area contributed by atoms with Crippen LogP contribution in [0.4, 0.5) is 11.4 Å². The molecule has 2 fully saturated rings. The first-order chi connectivity index (χ1) is 15.0. The largest absolute Gasteiger partial charge is 0.469 e. The average Bonchev–Trinajstić information content (AvgIpc) is 3.38. The Kier molecular flexibility index (Phi) is 5.20. The van der Waals surface area contributed by atoms with Crippen molar-refractivity contribution in [3.05, 3.63) is 83.3 Å². The third-order valence-electron chi connectivity index (χ3n) is 5.67. The summed E-state index contributed by atoms with van der Waals surface area (Å²) >= 11 is 7.36. The first-order valence-electron chi connectivity index (χ1n) is 9.99. The number of thioether (sulfide) groups is 1. The molecule has 5 rings (SSSR count). The predicted molar refractivity (Wildman–Crippen MR) is 123 cm³/mol. The molecule has 3 aromatic rings. The Labute approximate surface area is 189 Å². The highest BCUT2D eigenvalue weighted by Crippen LogP contribution is 2.49. The third-order valence-corrected chi connectivity index (χ3v) is 7.20. The maximum atomic E-state index is 13.4. The van der Waals surface area contributed by atoms with Gasteiger partial charge in [0.1, 0.15) is 11.0 Å². The van der Waals surface area contributed by atoms with E-state index in [1.807, 2.05) is 49.4 Å². The zero-order chi connectivity index (χ0) is 21.5. The van der Waals surface area contributed by atoms with Crippen LogP contribution >= 0.6 is 23.4 Å². The van der Waals surface area contributed by atoms with Crippen LogP contribution in [0.1, 0.15) is 23.7 Å². The number of hydrogen-bond acceptors (Lipinski definition) is 5. The summed E-state index contributed by atoms with van der Waals surface area (Å²) in [5, 5.41) is 0.902. The molecule has 0 N–H and O–H groups in total. The van der Waals surface area contributed by atoms with E-state index in [0.717, 1.165) is 16.3 Å². The monoisotopic (exact) mass is 450 g/mol. The highest BCUT2D eigenvalue weighted by Gasteiger charge is 2.55. The molecule has 3 unspecified atom stereocenters. The van der Waals surface area contributed by atoms with Crippen LogP contribution in [0.2, 0.25) is 5.02 Å². The minimum Gasteiger partial charge on any atom is -0.469 e. The van der Waals surface area contributed by atoms with Gasteiger partial charge < -0.3 is 4.42 Å². The number of furan rings is 1. The van der Waals surface area contributed by atoms with Crippen LogP contribution < -0.4 is 4.90 Å². The van der Waals surface area contributed by atoms with Crippen molar-refractivity contribution >= 4 is 51.6 Å². The fraction of sp³-hybridized carbons (Fsp3) is 0.208. The van der Waals surface area contributed by atoms with E-state index in [4.69, 9.17) is 21.0 Å². The second kappa shape index (κ2) is 8.02. The van der Waals surface area contributed by atoms with E-state index in [-0.39, 0.29) is 17.7 Å². The lowest BCUT2D eigenvalue weighted by Crippen LogP contribution is -2.33. The smallest absolute Gasteiger partial charge is 0.248 e. The summed E-state index contributed by atoms with van der Waals surface area (Å²) in [7, 11) is 0. The molecule has 0 aliphatic carbocycles. The maximum Gasteiger partial charge on any atom is 0.248 e. The Morgan fingerprint density at radius 1 is 1.03 bits per heavy atom. The van der Waals surface area contributed by atoms with E-state index in [1.165, 1.54) is 16.7 Å². The number of anilines is 1. The number of fused-ring (bicyclic) bond motifs is 1. The van der Waals surface area contributed by atoms with Gasteiger partial charge in [0.2, 0.25) is 11.8 Å². The van der Waals surface area contributed by atoms with Crippen molar-refractivity contribution in [3.63, 3.8) is 0 Å². The van der Waals surface area contributed by atoms with Crippen LogP contribution in [0.15, 0.2) is 76.3 Å². The fourth-order valence-electron chi connectivity index (χ4n) is 4.14. The molecule has 156 valence electrons. The molecular formula is C24H19ClN2O3S. The number of amides is 2. The van der Waals surface area contributed by atoms with Crippen LogP contribution in [0.5, 0.6) is 0 Å². The lowest BCUT2D eigenvalue weighted by Gasteiger charge is -2.29. The molecule has 0 spiro atoms. The van der Waals surface area contributed by atoms with Crippen molar-refractivity contribution < 1.29 is 14.0 Å². The molecule has 31 heavy (non-hydrogen) atoms. The number of carbonyl (C=O) groups is 2. The molecule has 3 atom stereocenters. The number of nitrogens with zero attached hydrogens (tertiary/aromatic N) is 2. The average molecular weight is 451 g/mol. The molecule has 7 heteroatoms. The standard InChI is InChI=1S/C24H19ClN2O3S/c1-14-4-10-17(11-5-14)27-23(28)21-18(19-3-2-12-30-19)13-20(31-22(21)24(27)29)26-16-8-6-15(25)7-9-16/h2-12,18,21-22H,13H2,1H3. The predicted octanol–water partition coefficient (Wildman–Crippen LogP) is 5.75. The van der Waals surface area contributed by atoms with Crippen LogP contribution in [0, 0.1) is 12.8 Å². The van der Waals surface area contributed by atoms with Gasteiger partial charge in [-0.15, -0.1) is 0 Å². The Balaban J connectivity index is 1.53. The van der Waals surface area contributed by atoms with Crippen molar-refractivity contribution in [2.24, 2.45) is 10.9 Å². The SMILES string of the molecule is Cc1ccc(N2C(=O)C3SC(=Nc4ccc(Cl)cc4)CC(c4ccco4)C3C2=O)cc1. The Hall–Kier alpha value is -2.83. The topological polar surface area (TPSA) is 62.9 Å². The molecule has 1 aromatic heterocycles. The first-order valence-corrected chi connectivity index (χ1v) is 11.2. The van der Waals surface area contributed by atoms with Crippen LogP contribution in [0.25, 0.3) is 0 Å². The van der Waals surface area contributed by atoms with Gasteiger partial charge in [-0.1, -0.05) is 41.1 Å². The summed E-state index contributed by atoms with van der Waals surface area (Å²) < 4.78 is 5.67. The van der Waals surface area contributed by atoms with Gasteiger partial charge in [0, 0.05) is 17.4 Å². The second-order valence-electron chi connectivity index (χ2n) is 7.72. The highest BCUT2D eigenvalue weighted by molar-refractivity contribution is 8.15. The molecule has 2 amide bonds. The summed E-state index contributed by atoms with van der Waals surface area (Å²) in [5.41, 5.74) is 2.43. The minimum atomic E-state index is -0.538. The molecule has 5 nitrogen and oxygen atoms in total.